The number of aromatic nitrogens is 3. The lowest BCUT2D eigenvalue weighted by atomic mass is 10.3. The van der Waals surface area contributed by atoms with Gasteiger partial charge in [0, 0.05) is 38.9 Å². The number of fused-ring (bicyclic) bond motifs is 3. The van der Waals surface area contributed by atoms with Crippen molar-refractivity contribution in [2.45, 2.75) is 11.3 Å². The Morgan fingerprint density at radius 3 is 2.91 bits per heavy atom. The SMILES string of the molecule is COCCCNc1nc2cc(S(C)(=O)=O)ccc2n2ccnc12. The number of sulfone groups is 1. The number of hydrogen-bond donors (Lipinski definition) is 1. The molecule has 0 atom stereocenters. The van der Waals surface area contributed by atoms with Gasteiger partial charge in [0.2, 0.25) is 0 Å². The Bertz CT molecular complexity index is 950. The van der Waals surface area contributed by atoms with Crippen molar-refractivity contribution in [2.24, 2.45) is 0 Å². The molecule has 23 heavy (non-hydrogen) atoms. The maximum atomic E-state index is 11.7. The summed E-state index contributed by atoms with van der Waals surface area (Å²) in [5.74, 6) is 0.629. The van der Waals surface area contributed by atoms with Crippen LogP contribution in [0.4, 0.5) is 5.82 Å². The Morgan fingerprint density at radius 2 is 2.17 bits per heavy atom. The predicted molar refractivity (Wildman–Crippen MR) is 88.6 cm³/mol. The number of ether oxygens (including phenoxy) is 1. The fourth-order valence-corrected chi connectivity index (χ4v) is 3.05. The summed E-state index contributed by atoms with van der Waals surface area (Å²) in [7, 11) is -1.61. The van der Waals surface area contributed by atoms with Gasteiger partial charge in [0.25, 0.3) is 0 Å². The molecule has 8 heteroatoms. The van der Waals surface area contributed by atoms with Crippen molar-refractivity contribution in [2.75, 3.05) is 31.8 Å². The number of hydrogen-bond acceptors (Lipinski definition) is 6. The van der Waals surface area contributed by atoms with Crippen molar-refractivity contribution >= 4 is 32.3 Å². The van der Waals surface area contributed by atoms with E-state index in [0.29, 0.717) is 30.1 Å². The normalized spacial score (nSPS) is 12.1. The summed E-state index contributed by atoms with van der Waals surface area (Å²) in [6.45, 7) is 1.35. The molecule has 0 amide bonds. The standard InChI is InChI=1S/C15H18N4O3S/c1-22-9-3-6-16-14-15-17-7-8-19(15)13-5-4-11(23(2,20)21)10-12(13)18-14/h4-5,7-8,10H,3,6,9H2,1-2H3,(H,16,18). The van der Waals surface area contributed by atoms with Crippen LogP contribution in [0.5, 0.6) is 0 Å². The highest BCUT2D eigenvalue weighted by Gasteiger charge is 2.13. The molecular weight excluding hydrogens is 316 g/mol. The number of rotatable bonds is 6. The molecule has 0 bridgehead atoms. The second-order valence-electron chi connectivity index (χ2n) is 5.28. The van der Waals surface area contributed by atoms with E-state index in [2.05, 4.69) is 15.3 Å². The molecule has 0 radical (unpaired) electrons. The van der Waals surface area contributed by atoms with Crippen molar-refractivity contribution in [3.05, 3.63) is 30.6 Å². The van der Waals surface area contributed by atoms with Gasteiger partial charge in [0.15, 0.2) is 21.3 Å². The zero-order valence-electron chi connectivity index (χ0n) is 13.0. The predicted octanol–water partition coefficient (Wildman–Crippen LogP) is 1.73. The van der Waals surface area contributed by atoms with Gasteiger partial charge in [-0.3, -0.25) is 4.40 Å². The highest BCUT2D eigenvalue weighted by atomic mass is 32.2. The molecule has 0 fully saturated rings. The van der Waals surface area contributed by atoms with Crippen LogP contribution in [0.3, 0.4) is 0 Å². The van der Waals surface area contributed by atoms with Gasteiger partial charge in [-0.25, -0.2) is 18.4 Å². The molecule has 3 rings (SSSR count). The maximum Gasteiger partial charge on any atom is 0.180 e. The number of methoxy groups -OCH3 is 1. The van der Waals surface area contributed by atoms with Gasteiger partial charge in [-0.2, -0.15) is 0 Å². The number of nitrogens with zero attached hydrogens (tertiary/aromatic N) is 3. The van der Waals surface area contributed by atoms with Crippen LogP contribution in [-0.4, -0.2) is 49.3 Å². The van der Waals surface area contributed by atoms with E-state index in [4.69, 9.17) is 4.74 Å². The molecule has 2 heterocycles. The molecule has 0 aliphatic carbocycles. The van der Waals surface area contributed by atoms with Crippen molar-refractivity contribution in [1.29, 1.82) is 0 Å². The average molecular weight is 334 g/mol. The van der Waals surface area contributed by atoms with Crippen molar-refractivity contribution in [3.63, 3.8) is 0 Å². The summed E-state index contributed by atoms with van der Waals surface area (Å²) in [5, 5.41) is 3.24. The van der Waals surface area contributed by atoms with Gasteiger partial charge in [0.05, 0.1) is 15.9 Å². The van der Waals surface area contributed by atoms with E-state index >= 15 is 0 Å². The third-order valence-corrected chi connectivity index (χ3v) is 4.65. The minimum Gasteiger partial charge on any atom is -0.385 e. The molecule has 7 nitrogen and oxygen atoms in total. The first-order chi connectivity index (χ1) is 11.0. The first-order valence-corrected chi connectivity index (χ1v) is 9.09. The molecule has 0 spiro atoms. The van der Waals surface area contributed by atoms with E-state index < -0.39 is 9.84 Å². The van der Waals surface area contributed by atoms with Gasteiger partial charge >= 0.3 is 0 Å². The highest BCUT2D eigenvalue weighted by Crippen LogP contribution is 2.23. The summed E-state index contributed by atoms with van der Waals surface area (Å²) >= 11 is 0. The lowest BCUT2D eigenvalue weighted by Gasteiger charge is -2.10. The van der Waals surface area contributed by atoms with Gasteiger partial charge < -0.3 is 10.1 Å². The first-order valence-electron chi connectivity index (χ1n) is 7.20. The zero-order chi connectivity index (χ0) is 16.4. The molecule has 0 saturated carbocycles. The Labute approximate surface area is 134 Å². The fraction of sp³-hybridized carbons (Fsp3) is 0.333. The Kier molecular flexibility index (Phi) is 4.18. The van der Waals surface area contributed by atoms with Crippen molar-refractivity contribution in [1.82, 2.24) is 14.4 Å². The van der Waals surface area contributed by atoms with E-state index in [1.165, 1.54) is 6.26 Å². The summed E-state index contributed by atoms with van der Waals surface area (Å²) in [6, 6.07) is 4.93. The van der Waals surface area contributed by atoms with E-state index in [1.54, 1.807) is 31.5 Å². The Balaban J connectivity index is 2.09. The summed E-state index contributed by atoms with van der Waals surface area (Å²) in [4.78, 5) is 9.13. The Hall–Kier alpha value is -2.19. The van der Waals surface area contributed by atoms with Crippen LogP contribution in [0.2, 0.25) is 0 Å². The van der Waals surface area contributed by atoms with Crippen LogP contribution < -0.4 is 5.32 Å². The van der Waals surface area contributed by atoms with E-state index in [0.717, 1.165) is 11.9 Å². The van der Waals surface area contributed by atoms with Crippen LogP contribution in [0.1, 0.15) is 6.42 Å². The third kappa shape index (κ3) is 3.13. The molecule has 1 aromatic carbocycles. The molecule has 3 aromatic rings. The van der Waals surface area contributed by atoms with Crippen LogP contribution >= 0.6 is 0 Å². The molecule has 0 aliphatic heterocycles. The van der Waals surface area contributed by atoms with Gasteiger partial charge in [0.1, 0.15) is 0 Å². The van der Waals surface area contributed by atoms with Crippen LogP contribution in [0.15, 0.2) is 35.5 Å². The second kappa shape index (κ2) is 6.13. The molecule has 0 saturated heterocycles. The number of nitrogens with one attached hydrogen (secondary N) is 1. The molecule has 122 valence electrons. The quantitative estimate of drug-likeness (QED) is 0.691. The van der Waals surface area contributed by atoms with Crippen LogP contribution in [0, 0.1) is 0 Å². The fourth-order valence-electron chi connectivity index (χ4n) is 2.41. The largest absolute Gasteiger partial charge is 0.385 e. The third-order valence-electron chi connectivity index (χ3n) is 3.54. The molecule has 1 N–H and O–H groups in total. The van der Waals surface area contributed by atoms with Crippen molar-refractivity contribution < 1.29 is 13.2 Å². The first kappa shape index (κ1) is 15.7. The summed E-state index contributed by atoms with van der Waals surface area (Å²) < 4.78 is 30.4. The van der Waals surface area contributed by atoms with E-state index in [-0.39, 0.29) is 4.90 Å². The number of benzene rings is 1. The lowest BCUT2D eigenvalue weighted by Crippen LogP contribution is -2.08. The van der Waals surface area contributed by atoms with Crippen molar-refractivity contribution in [3.8, 4) is 0 Å². The monoisotopic (exact) mass is 334 g/mol. The van der Waals surface area contributed by atoms with Crippen LogP contribution in [-0.2, 0) is 14.6 Å². The number of imidazole rings is 1. The van der Waals surface area contributed by atoms with Gasteiger partial charge in [-0.1, -0.05) is 0 Å². The maximum absolute atomic E-state index is 11.7. The van der Waals surface area contributed by atoms with E-state index in [9.17, 15) is 8.42 Å². The minimum absolute atomic E-state index is 0.252. The second-order valence-corrected chi connectivity index (χ2v) is 7.29. The smallest absolute Gasteiger partial charge is 0.180 e. The van der Waals surface area contributed by atoms with Crippen LogP contribution in [0.25, 0.3) is 16.7 Å². The summed E-state index contributed by atoms with van der Waals surface area (Å²) in [6.07, 6.45) is 5.56. The Morgan fingerprint density at radius 1 is 1.35 bits per heavy atom. The van der Waals surface area contributed by atoms with E-state index in [1.807, 2.05) is 10.6 Å². The minimum atomic E-state index is -3.27. The highest BCUT2D eigenvalue weighted by molar-refractivity contribution is 7.90. The molecular formula is C15H18N4O3S. The lowest BCUT2D eigenvalue weighted by molar-refractivity contribution is 0.198. The topological polar surface area (TPSA) is 85.6 Å². The zero-order valence-corrected chi connectivity index (χ0v) is 13.8. The average Bonchev–Trinajstić information content (AvgIpc) is 3.00. The summed E-state index contributed by atoms with van der Waals surface area (Å²) in [5.41, 5.74) is 2.13. The number of anilines is 1. The van der Waals surface area contributed by atoms with Gasteiger partial charge in [-0.15, -0.1) is 0 Å². The van der Waals surface area contributed by atoms with Gasteiger partial charge in [-0.05, 0) is 24.6 Å². The molecule has 2 aromatic heterocycles. The molecule has 0 unspecified atom stereocenters. The molecule has 0 aliphatic rings.